The molecule has 1 N–H and O–H groups in total. The first-order valence-electron chi connectivity index (χ1n) is 9.54. The van der Waals surface area contributed by atoms with E-state index in [-0.39, 0.29) is 17.4 Å². The lowest BCUT2D eigenvalue weighted by Crippen LogP contribution is -2.28. The highest BCUT2D eigenvalue weighted by molar-refractivity contribution is 5.94. The molecule has 1 saturated heterocycles. The lowest BCUT2D eigenvalue weighted by molar-refractivity contribution is 0.0790. The highest BCUT2D eigenvalue weighted by Gasteiger charge is 2.29. The maximum atomic E-state index is 12.8. The molecule has 3 aromatic rings. The molecule has 7 heteroatoms. The van der Waals surface area contributed by atoms with E-state index in [1.807, 2.05) is 41.3 Å². The zero-order valence-electron chi connectivity index (χ0n) is 16.2. The van der Waals surface area contributed by atoms with Crippen LogP contribution in [-0.2, 0) is 11.3 Å². The van der Waals surface area contributed by atoms with E-state index in [4.69, 9.17) is 4.74 Å². The van der Waals surface area contributed by atoms with Crippen molar-refractivity contribution in [2.24, 2.45) is 0 Å². The summed E-state index contributed by atoms with van der Waals surface area (Å²) in [4.78, 5) is 38.4. The molecule has 148 valence electrons. The van der Waals surface area contributed by atoms with E-state index in [2.05, 4.69) is 15.0 Å². The van der Waals surface area contributed by atoms with E-state index in [1.54, 1.807) is 19.4 Å². The smallest absolute Gasteiger partial charge is 0.253 e. The van der Waals surface area contributed by atoms with Gasteiger partial charge in [0.1, 0.15) is 5.69 Å². The summed E-state index contributed by atoms with van der Waals surface area (Å²) in [6.45, 7) is 1.70. The van der Waals surface area contributed by atoms with Crippen LogP contribution in [0, 0.1) is 0 Å². The van der Waals surface area contributed by atoms with Crippen molar-refractivity contribution in [3.8, 4) is 11.5 Å². The molecule has 2 aromatic heterocycles. The number of aromatic amines is 1. The first-order chi connectivity index (χ1) is 14.1. The molecule has 1 atom stereocenters. The maximum absolute atomic E-state index is 12.8. The van der Waals surface area contributed by atoms with Crippen molar-refractivity contribution in [3.63, 3.8) is 0 Å². The normalized spacial score (nSPS) is 16.2. The number of nitrogens with zero attached hydrogens (tertiary/aromatic N) is 3. The largest absolute Gasteiger partial charge is 0.380 e. The predicted molar refractivity (Wildman–Crippen MR) is 109 cm³/mol. The summed E-state index contributed by atoms with van der Waals surface area (Å²) < 4.78 is 5.11. The van der Waals surface area contributed by atoms with Crippen LogP contribution >= 0.6 is 0 Å². The molecule has 0 aliphatic carbocycles. The van der Waals surface area contributed by atoms with Crippen molar-refractivity contribution in [1.82, 2.24) is 19.9 Å². The number of hydrogen-bond donors (Lipinski definition) is 1. The topological polar surface area (TPSA) is 88.2 Å². The fraction of sp³-hybridized carbons (Fsp3) is 0.273. The summed E-state index contributed by atoms with van der Waals surface area (Å²) in [5.74, 6) is 0.467. The standard InChI is InChI=1S/C22H22N4O3/c1-29-14-15-5-7-16(8-6-15)22(28)26-11-9-17(13-26)19-12-20(27)25-21(24-19)18-4-2-3-10-23-18/h2-8,10,12,17H,9,11,13-14H2,1H3,(H,24,25,27). The highest BCUT2D eigenvalue weighted by Crippen LogP contribution is 2.27. The molecule has 0 spiro atoms. The number of nitrogens with one attached hydrogen (secondary N) is 1. The average Bonchev–Trinajstić information content (AvgIpc) is 3.25. The summed E-state index contributed by atoms with van der Waals surface area (Å²) in [5.41, 5.74) is 2.78. The summed E-state index contributed by atoms with van der Waals surface area (Å²) in [6.07, 6.45) is 2.43. The lowest BCUT2D eigenvalue weighted by atomic mass is 10.0. The Morgan fingerprint density at radius 1 is 1.24 bits per heavy atom. The Balaban J connectivity index is 1.50. The molecular formula is C22H22N4O3. The number of carbonyl (C=O) groups is 1. The van der Waals surface area contributed by atoms with E-state index in [1.165, 1.54) is 6.07 Å². The summed E-state index contributed by atoms with van der Waals surface area (Å²) >= 11 is 0. The second-order valence-electron chi connectivity index (χ2n) is 7.10. The Morgan fingerprint density at radius 2 is 2.07 bits per heavy atom. The van der Waals surface area contributed by atoms with Crippen LogP contribution in [0.2, 0.25) is 0 Å². The van der Waals surface area contributed by atoms with Gasteiger partial charge in [-0.05, 0) is 36.2 Å². The molecular weight excluding hydrogens is 368 g/mol. The van der Waals surface area contributed by atoms with Crippen molar-refractivity contribution in [2.75, 3.05) is 20.2 Å². The van der Waals surface area contributed by atoms with Crippen LogP contribution in [0.4, 0.5) is 0 Å². The van der Waals surface area contributed by atoms with Crippen molar-refractivity contribution < 1.29 is 9.53 Å². The van der Waals surface area contributed by atoms with Gasteiger partial charge in [0, 0.05) is 43.9 Å². The van der Waals surface area contributed by atoms with Gasteiger partial charge in [-0.25, -0.2) is 4.98 Å². The number of aromatic nitrogens is 3. The summed E-state index contributed by atoms with van der Waals surface area (Å²) in [6, 6.07) is 14.5. The van der Waals surface area contributed by atoms with Crippen molar-refractivity contribution >= 4 is 5.91 Å². The minimum Gasteiger partial charge on any atom is -0.380 e. The van der Waals surface area contributed by atoms with Crippen LogP contribution in [0.25, 0.3) is 11.5 Å². The van der Waals surface area contributed by atoms with E-state index in [0.717, 1.165) is 12.0 Å². The zero-order valence-corrected chi connectivity index (χ0v) is 16.2. The number of H-pyrrole nitrogens is 1. The minimum atomic E-state index is -0.214. The second-order valence-corrected chi connectivity index (χ2v) is 7.10. The number of hydrogen-bond acceptors (Lipinski definition) is 5. The minimum absolute atomic E-state index is 0.00810. The van der Waals surface area contributed by atoms with Crippen molar-refractivity contribution in [2.45, 2.75) is 18.9 Å². The molecule has 1 aromatic carbocycles. The third-order valence-electron chi connectivity index (χ3n) is 5.07. The molecule has 0 saturated carbocycles. The van der Waals surface area contributed by atoms with Crippen LogP contribution in [0.1, 0.15) is 34.0 Å². The lowest BCUT2D eigenvalue weighted by Gasteiger charge is -2.17. The Kier molecular flexibility index (Phi) is 5.48. The molecule has 4 rings (SSSR count). The van der Waals surface area contributed by atoms with Crippen LogP contribution in [0.5, 0.6) is 0 Å². The molecule has 3 heterocycles. The number of carbonyl (C=O) groups excluding carboxylic acids is 1. The van der Waals surface area contributed by atoms with Gasteiger partial charge in [0.05, 0.1) is 12.3 Å². The Morgan fingerprint density at radius 3 is 2.79 bits per heavy atom. The SMILES string of the molecule is COCc1ccc(C(=O)N2CCC(c3cc(=O)[nH]c(-c4ccccn4)n3)C2)cc1. The monoisotopic (exact) mass is 390 g/mol. The maximum Gasteiger partial charge on any atom is 0.253 e. The number of methoxy groups -OCH3 is 1. The second kappa shape index (κ2) is 8.36. The van der Waals surface area contributed by atoms with E-state index < -0.39 is 0 Å². The molecule has 1 unspecified atom stereocenters. The Labute approximate surface area is 168 Å². The first-order valence-corrected chi connectivity index (χ1v) is 9.54. The van der Waals surface area contributed by atoms with Crippen LogP contribution in [0.3, 0.4) is 0 Å². The average molecular weight is 390 g/mol. The van der Waals surface area contributed by atoms with Crippen LogP contribution < -0.4 is 5.56 Å². The highest BCUT2D eigenvalue weighted by atomic mass is 16.5. The van der Waals surface area contributed by atoms with Crippen molar-refractivity contribution in [3.05, 3.63) is 81.9 Å². The zero-order chi connectivity index (χ0) is 20.2. The number of benzene rings is 1. The number of amides is 1. The van der Waals surface area contributed by atoms with Crippen molar-refractivity contribution in [1.29, 1.82) is 0 Å². The molecule has 29 heavy (non-hydrogen) atoms. The Bertz CT molecular complexity index is 1050. The summed E-state index contributed by atoms with van der Waals surface area (Å²) in [5, 5.41) is 0. The molecule has 1 aliphatic heterocycles. The van der Waals surface area contributed by atoms with Gasteiger partial charge in [-0.2, -0.15) is 0 Å². The molecule has 0 bridgehead atoms. The third kappa shape index (κ3) is 4.25. The van der Waals surface area contributed by atoms with E-state index in [0.29, 0.717) is 42.5 Å². The first kappa shape index (κ1) is 19.0. The van der Waals surface area contributed by atoms with Gasteiger partial charge in [-0.15, -0.1) is 0 Å². The van der Waals surface area contributed by atoms with E-state index in [9.17, 15) is 9.59 Å². The molecule has 0 radical (unpaired) electrons. The number of pyridine rings is 1. The summed E-state index contributed by atoms with van der Waals surface area (Å²) in [7, 11) is 1.64. The number of rotatable bonds is 5. The van der Waals surface area contributed by atoms with Crippen LogP contribution in [0.15, 0.2) is 59.5 Å². The number of ether oxygens (including phenoxy) is 1. The van der Waals surface area contributed by atoms with Gasteiger partial charge in [0.2, 0.25) is 0 Å². The Hall–Kier alpha value is -3.32. The van der Waals surface area contributed by atoms with Gasteiger partial charge < -0.3 is 14.6 Å². The van der Waals surface area contributed by atoms with Gasteiger partial charge in [-0.1, -0.05) is 18.2 Å². The van der Waals surface area contributed by atoms with Crippen LogP contribution in [-0.4, -0.2) is 46.0 Å². The molecule has 1 aliphatic rings. The van der Waals surface area contributed by atoms with E-state index >= 15 is 0 Å². The molecule has 7 nitrogen and oxygen atoms in total. The van der Waals surface area contributed by atoms with Gasteiger partial charge >= 0.3 is 0 Å². The fourth-order valence-electron chi connectivity index (χ4n) is 3.59. The molecule has 1 amide bonds. The fourth-order valence-corrected chi connectivity index (χ4v) is 3.59. The van der Waals surface area contributed by atoms with Gasteiger partial charge in [0.25, 0.3) is 11.5 Å². The third-order valence-corrected chi connectivity index (χ3v) is 5.07. The van der Waals surface area contributed by atoms with Gasteiger partial charge in [-0.3, -0.25) is 14.6 Å². The molecule has 1 fully saturated rings. The predicted octanol–water partition coefficient (Wildman–Crippen LogP) is 2.61. The van der Waals surface area contributed by atoms with Gasteiger partial charge in [0.15, 0.2) is 5.82 Å². The quantitative estimate of drug-likeness (QED) is 0.723. The number of likely N-dealkylation sites (tertiary alicyclic amines) is 1.